The van der Waals surface area contributed by atoms with Gasteiger partial charge in [0.15, 0.2) is 5.13 Å². The number of carbonyl (C=O) groups is 1. The summed E-state index contributed by atoms with van der Waals surface area (Å²) in [7, 11) is 0. The van der Waals surface area contributed by atoms with Crippen LogP contribution >= 0.6 is 39.7 Å². The van der Waals surface area contributed by atoms with Gasteiger partial charge in [0.2, 0.25) is 5.91 Å². The van der Waals surface area contributed by atoms with Crippen molar-refractivity contribution in [2.75, 3.05) is 11.4 Å². The molecule has 14 heavy (non-hydrogen) atoms. The van der Waals surface area contributed by atoms with Crippen LogP contribution in [-0.4, -0.2) is 23.5 Å². The lowest BCUT2D eigenvalue weighted by Crippen LogP contribution is -2.33. The van der Waals surface area contributed by atoms with Crippen LogP contribution in [-0.2, 0) is 4.79 Å². The van der Waals surface area contributed by atoms with Crippen molar-refractivity contribution in [1.82, 2.24) is 4.98 Å². The molecule has 1 aliphatic rings. The monoisotopic (exact) mass is 297 g/mol. The van der Waals surface area contributed by atoms with Crippen molar-refractivity contribution in [1.29, 1.82) is 0 Å². The highest BCUT2D eigenvalue weighted by Crippen LogP contribution is 2.29. The van der Waals surface area contributed by atoms with Gasteiger partial charge in [-0.05, 0) is 22.4 Å². The molecular weight excluding hydrogens is 290 g/mol. The van der Waals surface area contributed by atoms with Crippen LogP contribution in [0.25, 0.3) is 0 Å². The first-order valence-electron chi connectivity index (χ1n) is 3.87. The quantitative estimate of drug-likeness (QED) is 0.852. The molecule has 1 amide bonds. The largest absolute Gasteiger partial charge is 0.320 e. The lowest BCUT2D eigenvalue weighted by molar-refractivity contribution is -0.118. The van der Waals surface area contributed by atoms with E-state index in [-0.39, 0.29) is 24.4 Å². The number of nitrogens with zero attached hydrogens (tertiary/aromatic N) is 2. The molecular formula is C7H9BrClN3OS. The van der Waals surface area contributed by atoms with E-state index in [1.54, 1.807) is 11.1 Å². The third-order valence-electron chi connectivity index (χ3n) is 1.94. The number of halogens is 2. The Morgan fingerprint density at radius 3 is 2.86 bits per heavy atom. The molecule has 2 heterocycles. The van der Waals surface area contributed by atoms with Gasteiger partial charge in [-0.2, -0.15) is 0 Å². The van der Waals surface area contributed by atoms with Crippen molar-refractivity contribution in [3.05, 3.63) is 9.98 Å². The topological polar surface area (TPSA) is 59.2 Å². The van der Waals surface area contributed by atoms with Gasteiger partial charge < -0.3 is 5.73 Å². The minimum Gasteiger partial charge on any atom is -0.320 e. The fourth-order valence-electron chi connectivity index (χ4n) is 1.26. The highest BCUT2D eigenvalue weighted by atomic mass is 79.9. The first-order valence-corrected chi connectivity index (χ1v) is 5.48. The fraction of sp³-hybridized carbons (Fsp3) is 0.429. The summed E-state index contributed by atoms with van der Waals surface area (Å²) >= 11 is 4.75. The van der Waals surface area contributed by atoms with Crippen LogP contribution in [0.4, 0.5) is 5.13 Å². The van der Waals surface area contributed by atoms with Gasteiger partial charge in [0.05, 0.1) is 16.0 Å². The van der Waals surface area contributed by atoms with E-state index in [0.29, 0.717) is 6.54 Å². The second-order valence-electron chi connectivity index (χ2n) is 2.83. The van der Waals surface area contributed by atoms with Crippen LogP contribution in [0.1, 0.15) is 6.42 Å². The molecule has 0 spiro atoms. The van der Waals surface area contributed by atoms with Crippen molar-refractivity contribution in [2.24, 2.45) is 5.73 Å². The number of rotatable bonds is 1. The lowest BCUT2D eigenvalue weighted by Gasteiger charge is -2.10. The number of aromatic nitrogens is 1. The van der Waals surface area contributed by atoms with E-state index < -0.39 is 0 Å². The molecule has 2 N–H and O–H groups in total. The Morgan fingerprint density at radius 2 is 2.43 bits per heavy atom. The second-order valence-corrected chi connectivity index (χ2v) is 5.22. The van der Waals surface area contributed by atoms with E-state index in [0.717, 1.165) is 15.3 Å². The maximum absolute atomic E-state index is 11.5. The predicted octanol–water partition coefficient (Wildman–Crippen LogP) is 1.39. The van der Waals surface area contributed by atoms with Gasteiger partial charge in [-0.3, -0.25) is 9.69 Å². The highest BCUT2D eigenvalue weighted by Gasteiger charge is 2.31. The molecule has 2 rings (SSSR count). The Morgan fingerprint density at radius 1 is 1.71 bits per heavy atom. The van der Waals surface area contributed by atoms with Crippen LogP contribution in [0.2, 0.25) is 0 Å². The van der Waals surface area contributed by atoms with E-state index in [1.165, 1.54) is 11.3 Å². The average molecular weight is 299 g/mol. The van der Waals surface area contributed by atoms with Crippen LogP contribution in [0.3, 0.4) is 0 Å². The average Bonchev–Trinajstić information content (AvgIpc) is 2.62. The maximum atomic E-state index is 11.5. The number of hydrogen-bond acceptors (Lipinski definition) is 4. The third kappa shape index (κ3) is 2.08. The number of hydrogen-bond donors (Lipinski definition) is 1. The summed E-state index contributed by atoms with van der Waals surface area (Å²) in [6.45, 7) is 0.681. The van der Waals surface area contributed by atoms with Crippen LogP contribution in [0, 0.1) is 0 Å². The standard InChI is InChI=1S/C7H8BrN3OS.ClH/c8-5-3-10-7(13-5)11-2-1-4(9)6(11)12;/h3-4H,1-2,9H2;1H. The predicted molar refractivity (Wildman–Crippen MR) is 62.0 cm³/mol. The van der Waals surface area contributed by atoms with Gasteiger partial charge in [-0.25, -0.2) is 4.98 Å². The van der Waals surface area contributed by atoms with Crippen LogP contribution in [0.15, 0.2) is 9.98 Å². The zero-order valence-corrected chi connectivity index (χ0v) is 10.4. The summed E-state index contributed by atoms with van der Waals surface area (Å²) in [5.41, 5.74) is 5.59. The smallest absolute Gasteiger partial charge is 0.245 e. The molecule has 1 fully saturated rings. The normalized spacial score (nSPS) is 21.1. The molecule has 0 bridgehead atoms. The van der Waals surface area contributed by atoms with E-state index in [1.807, 2.05) is 0 Å². The Kier molecular flexibility index (Phi) is 3.88. The van der Waals surface area contributed by atoms with E-state index in [4.69, 9.17) is 5.73 Å². The summed E-state index contributed by atoms with van der Waals surface area (Å²) in [5.74, 6) is -0.0261. The molecule has 1 atom stereocenters. The third-order valence-corrected chi connectivity index (χ3v) is 3.44. The summed E-state index contributed by atoms with van der Waals surface area (Å²) in [6, 6.07) is -0.345. The number of thiazole rings is 1. The summed E-state index contributed by atoms with van der Waals surface area (Å²) in [4.78, 5) is 17.2. The van der Waals surface area contributed by atoms with Gasteiger partial charge in [-0.1, -0.05) is 11.3 Å². The van der Waals surface area contributed by atoms with E-state index in [2.05, 4.69) is 20.9 Å². The Labute approximate surface area is 100 Å². The molecule has 4 nitrogen and oxygen atoms in total. The van der Waals surface area contributed by atoms with E-state index >= 15 is 0 Å². The van der Waals surface area contributed by atoms with Gasteiger partial charge in [0.1, 0.15) is 0 Å². The molecule has 78 valence electrons. The summed E-state index contributed by atoms with van der Waals surface area (Å²) in [6.07, 6.45) is 2.41. The number of amides is 1. The Balaban J connectivity index is 0.000000980. The number of nitrogens with two attached hydrogens (primary N) is 1. The number of anilines is 1. The van der Waals surface area contributed by atoms with Crippen LogP contribution < -0.4 is 10.6 Å². The molecule has 7 heteroatoms. The first kappa shape index (κ1) is 11.9. The Hall–Kier alpha value is -0.170. The molecule has 0 radical (unpaired) electrons. The maximum Gasteiger partial charge on any atom is 0.245 e. The highest BCUT2D eigenvalue weighted by molar-refractivity contribution is 9.11. The van der Waals surface area contributed by atoms with Gasteiger partial charge in [-0.15, -0.1) is 12.4 Å². The van der Waals surface area contributed by atoms with Crippen molar-refractivity contribution in [2.45, 2.75) is 12.5 Å². The lowest BCUT2D eigenvalue weighted by atomic mass is 10.3. The van der Waals surface area contributed by atoms with Crippen molar-refractivity contribution < 1.29 is 4.79 Å². The summed E-state index contributed by atoms with van der Waals surface area (Å²) in [5, 5.41) is 0.727. The van der Waals surface area contributed by atoms with Crippen molar-refractivity contribution in [3.63, 3.8) is 0 Å². The Bertz CT molecular complexity index is 345. The van der Waals surface area contributed by atoms with Crippen LogP contribution in [0.5, 0.6) is 0 Å². The second kappa shape index (κ2) is 4.57. The summed E-state index contributed by atoms with van der Waals surface area (Å²) < 4.78 is 0.927. The van der Waals surface area contributed by atoms with Crippen molar-refractivity contribution in [3.8, 4) is 0 Å². The molecule has 0 aliphatic carbocycles. The zero-order chi connectivity index (χ0) is 9.42. The molecule has 1 aromatic heterocycles. The molecule has 0 aromatic carbocycles. The number of carbonyl (C=O) groups excluding carboxylic acids is 1. The van der Waals surface area contributed by atoms with Crippen molar-refractivity contribution >= 4 is 50.7 Å². The van der Waals surface area contributed by atoms with E-state index in [9.17, 15) is 4.79 Å². The molecule has 0 saturated carbocycles. The van der Waals surface area contributed by atoms with Gasteiger partial charge >= 0.3 is 0 Å². The van der Waals surface area contributed by atoms with Gasteiger partial charge in [0.25, 0.3) is 0 Å². The molecule has 1 aliphatic heterocycles. The first-order chi connectivity index (χ1) is 6.18. The zero-order valence-electron chi connectivity index (χ0n) is 7.14. The molecule has 1 aromatic rings. The minimum absolute atomic E-state index is 0. The molecule has 1 unspecified atom stereocenters. The fourth-order valence-corrected chi connectivity index (χ4v) is 2.48. The van der Waals surface area contributed by atoms with Gasteiger partial charge in [0, 0.05) is 6.54 Å². The molecule has 1 saturated heterocycles. The minimum atomic E-state index is -0.345. The SMILES string of the molecule is Cl.NC1CCN(c2ncc(Br)s2)C1=O.